The molecule has 0 radical (unpaired) electrons. The van der Waals surface area contributed by atoms with Gasteiger partial charge in [0.1, 0.15) is 0 Å². The summed E-state index contributed by atoms with van der Waals surface area (Å²) in [6.45, 7) is 0. The molecule has 1 unspecified atom stereocenters. The van der Waals surface area contributed by atoms with Crippen LogP contribution in [0.4, 0.5) is 4.79 Å². The number of carbonyl (C=O) groups is 2. The highest BCUT2D eigenvalue weighted by atomic mass is 16.4. The van der Waals surface area contributed by atoms with E-state index in [9.17, 15) is 14.7 Å². The van der Waals surface area contributed by atoms with E-state index >= 15 is 0 Å². The average Bonchev–Trinajstić information content (AvgIpc) is 2.99. The molecule has 0 spiro atoms. The predicted octanol–water partition coefficient (Wildman–Crippen LogP) is -0.574. The Morgan fingerprint density at radius 2 is 1.93 bits per heavy atom. The topological polar surface area (TPSA) is 98.7 Å². The van der Waals surface area contributed by atoms with Crippen molar-refractivity contribution in [1.82, 2.24) is 10.6 Å². The van der Waals surface area contributed by atoms with Crippen LogP contribution in [0.1, 0.15) is 25.7 Å². The molecule has 84 valence electrons. The van der Waals surface area contributed by atoms with Crippen molar-refractivity contribution < 1.29 is 19.8 Å². The smallest absolute Gasteiger partial charge is 0.405 e. The quantitative estimate of drug-likeness (QED) is 0.503. The van der Waals surface area contributed by atoms with Gasteiger partial charge >= 0.3 is 6.09 Å². The van der Waals surface area contributed by atoms with Crippen molar-refractivity contribution in [3.63, 3.8) is 0 Å². The Morgan fingerprint density at radius 3 is 2.33 bits per heavy atom. The third-order valence-corrected chi connectivity index (χ3v) is 2.84. The van der Waals surface area contributed by atoms with Crippen LogP contribution in [-0.4, -0.2) is 39.9 Å². The van der Waals surface area contributed by atoms with Crippen molar-refractivity contribution in [2.75, 3.05) is 0 Å². The monoisotopic (exact) mass is 214 g/mol. The minimum absolute atomic E-state index is 0.174. The molecule has 2 saturated carbocycles. The zero-order valence-electron chi connectivity index (χ0n) is 8.19. The molecule has 0 aromatic rings. The largest absolute Gasteiger partial charge is 0.465 e. The van der Waals surface area contributed by atoms with Crippen LogP contribution >= 0.6 is 0 Å². The Hall–Kier alpha value is -1.30. The second-order valence-corrected chi connectivity index (χ2v) is 4.27. The lowest BCUT2D eigenvalue weighted by atomic mass is 10.1. The number of aliphatic hydroxyl groups excluding tert-OH is 1. The summed E-state index contributed by atoms with van der Waals surface area (Å²) in [5.74, 6) is -0.469. The summed E-state index contributed by atoms with van der Waals surface area (Å²) in [6, 6.07) is 0.174. The summed E-state index contributed by atoms with van der Waals surface area (Å²) in [5.41, 5.74) is -0.940. The molecule has 0 bridgehead atoms. The summed E-state index contributed by atoms with van der Waals surface area (Å²) in [6.07, 6.45) is 0.437. The van der Waals surface area contributed by atoms with E-state index in [0.29, 0.717) is 12.8 Å². The minimum Gasteiger partial charge on any atom is -0.465 e. The predicted molar refractivity (Wildman–Crippen MR) is 50.3 cm³/mol. The van der Waals surface area contributed by atoms with Gasteiger partial charge in [-0.25, -0.2) is 4.79 Å². The van der Waals surface area contributed by atoms with Gasteiger partial charge in [0.05, 0.1) is 5.54 Å². The van der Waals surface area contributed by atoms with Crippen LogP contribution in [0.3, 0.4) is 0 Å². The normalized spacial score (nSPS) is 24.1. The van der Waals surface area contributed by atoms with E-state index in [-0.39, 0.29) is 6.04 Å². The van der Waals surface area contributed by atoms with Gasteiger partial charge in [-0.05, 0) is 25.7 Å². The van der Waals surface area contributed by atoms with E-state index in [0.717, 1.165) is 12.8 Å². The number of amides is 2. The van der Waals surface area contributed by atoms with E-state index < -0.39 is 23.6 Å². The Balaban J connectivity index is 1.90. The van der Waals surface area contributed by atoms with Crippen LogP contribution < -0.4 is 10.6 Å². The van der Waals surface area contributed by atoms with Crippen LogP contribution in [0.2, 0.25) is 0 Å². The summed E-state index contributed by atoms with van der Waals surface area (Å²) < 4.78 is 0. The summed E-state index contributed by atoms with van der Waals surface area (Å²) in [7, 11) is 0. The number of carbonyl (C=O) groups excluding carboxylic acids is 1. The molecule has 6 nitrogen and oxygen atoms in total. The van der Waals surface area contributed by atoms with E-state index in [1.165, 1.54) is 0 Å². The molecule has 6 heteroatoms. The lowest BCUT2D eigenvalue weighted by molar-refractivity contribution is -0.131. The minimum atomic E-state index is -1.27. The van der Waals surface area contributed by atoms with E-state index in [1.807, 2.05) is 0 Å². The fraction of sp³-hybridized carbons (Fsp3) is 0.778. The lowest BCUT2D eigenvalue weighted by Crippen LogP contribution is -2.52. The maximum Gasteiger partial charge on any atom is 0.405 e. The van der Waals surface area contributed by atoms with Crippen LogP contribution in [-0.2, 0) is 4.79 Å². The number of carboxylic acid groups (broad SMARTS) is 1. The molecule has 0 heterocycles. The molecule has 0 saturated heterocycles. The van der Waals surface area contributed by atoms with Gasteiger partial charge in [0.25, 0.3) is 5.91 Å². The molecule has 15 heavy (non-hydrogen) atoms. The van der Waals surface area contributed by atoms with Crippen molar-refractivity contribution in [3.8, 4) is 0 Å². The number of hydrogen-bond acceptors (Lipinski definition) is 3. The SMILES string of the molecule is O=C(O)NC1(C(O)C(=O)NC2CC2)CC1. The molecule has 1 atom stereocenters. The van der Waals surface area contributed by atoms with Crippen LogP contribution in [0.5, 0.6) is 0 Å². The fourth-order valence-electron chi connectivity index (χ4n) is 1.57. The Labute approximate surface area is 86.7 Å². The highest BCUT2D eigenvalue weighted by Gasteiger charge is 2.53. The number of aliphatic hydroxyl groups is 1. The fourth-order valence-corrected chi connectivity index (χ4v) is 1.57. The zero-order valence-corrected chi connectivity index (χ0v) is 8.19. The standard InChI is InChI=1S/C9H14N2O4/c12-6(7(13)10-5-1-2-5)9(3-4-9)11-8(14)15/h5-6,11-12H,1-4H2,(H,10,13)(H,14,15). The van der Waals surface area contributed by atoms with E-state index in [4.69, 9.17) is 5.11 Å². The van der Waals surface area contributed by atoms with Gasteiger partial charge in [0.2, 0.25) is 0 Å². The van der Waals surface area contributed by atoms with Crippen molar-refractivity contribution in [2.24, 2.45) is 0 Å². The molecular formula is C9H14N2O4. The van der Waals surface area contributed by atoms with Crippen LogP contribution in [0.15, 0.2) is 0 Å². The Morgan fingerprint density at radius 1 is 1.33 bits per heavy atom. The first-order valence-corrected chi connectivity index (χ1v) is 5.03. The molecule has 2 aliphatic carbocycles. The van der Waals surface area contributed by atoms with Gasteiger partial charge in [0.15, 0.2) is 6.10 Å². The molecule has 0 aromatic carbocycles. The molecule has 2 aliphatic rings. The first-order chi connectivity index (χ1) is 7.03. The molecule has 2 rings (SSSR count). The van der Waals surface area contributed by atoms with Crippen molar-refractivity contribution in [1.29, 1.82) is 0 Å². The second kappa shape index (κ2) is 3.37. The third kappa shape index (κ3) is 2.20. The molecular weight excluding hydrogens is 200 g/mol. The summed E-state index contributed by atoms with van der Waals surface area (Å²) in [5, 5.41) is 23.1. The Kier molecular flexibility index (Phi) is 2.30. The molecule has 4 N–H and O–H groups in total. The van der Waals surface area contributed by atoms with Crippen LogP contribution in [0, 0.1) is 0 Å². The second-order valence-electron chi connectivity index (χ2n) is 4.27. The van der Waals surface area contributed by atoms with Gasteiger partial charge < -0.3 is 20.8 Å². The van der Waals surface area contributed by atoms with Gasteiger partial charge in [-0.15, -0.1) is 0 Å². The lowest BCUT2D eigenvalue weighted by Gasteiger charge is -2.21. The maximum atomic E-state index is 11.5. The molecule has 2 amide bonds. The summed E-state index contributed by atoms with van der Waals surface area (Å²) in [4.78, 5) is 21.9. The molecule has 0 aliphatic heterocycles. The van der Waals surface area contributed by atoms with E-state index in [2.05, 4.69) is 10.6 Å². The first kappa shape index (κ1) is 10.2. The number of nitrogens with one attached hydrogen (secondary N) is 2. The van der Waals surface area contributed by atoms with Gasteiger partial charge in [-0.2, -0.15) is 0 Å². The van der Waals surface area contributed by atoms with Crippen molar-refractivity contribution in [3.05, 3.63) is 0 Å². The highest BCUT2D eigenvalue weighted by Crippen LogP contribution is 2.39. The van der Waals surface area contributed by atoms with Gasteiger partial charge in [-0.1, -0.05) is 0 Å². The zero-order chi connectivity index (χ0) is 11.1. The average molecular weight is 214 g/mol. The maximum absolute atomic E-state index is 11.5. The van der Waals surface area contributed by atoms with Crippen LogP contribution in [0.25, 0.3) is 0 Å². The highest BCUT2D eigenvalue weighted by molar-refractivity contribution is 5.84. The van der Waals surface area contributed by atoms with E-state index in [1.54, 1.807) is 0 Å². The van der Waals surface area contributed by atoms with Gasteiger partial charge in [-0.3, -0.25) is 4.79 Å². The van der Waals surface area contributed by atoms with Crippen molar-refractivity contribution in [2.45, 2.75) is 43.4 Å². The van der Waals surface area contributed by atoms with Crippen molar-refractivity contribution >= 4 is 12.0 Å². The Bertz CT molecular complexity index is 296. The molecule has 2 fully saturated rings. The molecule has 0 aromatic heterocycles. The summed E-state index contributed by atoms with van der Waals surface area (Å²) >= 11 is 0. The number of hydrogen-bond donors (Lipinski definition) is 4. The third-order valence-electron chi connectivity index (χ3n) is 2.84. The number of rotatable bonds is 4. The first-order valence-electron chi connectivity index (χ1n) is 5.03. The van der Waals surface area contributed by atoms with Gasteiger partial charge in [0, 0.05) is 6.04 Å².